The molecule has 2 N–H and O–H groups in total. The molecule has 7 nitrogen and oxygen atoms in total. The quantitative estimate of drug-likeness (QED) is 0.155. The van der Waals surface area contributed by atoms with E-state index in [0.717, 1.165) is 27.5 Å². The van der Waals surface area contributed by atoms with Gasteiger partial charge in [0.15, 0.2) is 23.0 Å². The minimum Gasteiger partial charge on any atom is -0.493 e. The van der Waals surface area contributed by atoms with Crippen molar-refractivity contribution in [2.24, 2.45) is 0 Å². The van der Waals surface area contributed by atoms with Gasteiger partial charge < -0.3 is 29.4 Å². The van der Waals surface area contributed by atoms with Crippen LogP contribution in [0.15, 0.2) is 53.4 Å². The second-order valence-electron chi connectivity index (χ2n) is 8.22. The van der Waals surface area contributed by atoms with Crippen LogP contribution < -0.4 is 29.4 Å². The van der Waals surface area contributed by atoms with Gasteiger partial charge in [-0.15, -0.1) is 35.3 Å². The molecule has 1 saturated heterocycles. The van der Waals surface area contributed by atoms with Crippen LogP contribution in [0.25, 0.3) is 0 Å². The van der Waals surface area contributed by atoms with Crippen LogP contribution in [0, 0.1) is 11.3 Å². The summed E-state index contributed by atoms with van der Waals surface area (Å²) in [5, 5.41) is 9.19. The zero-order valence-electron chi connectivity index (χ0n) is 21.7. The number of thioether (sulfide) groups is 3. The smallest absolute Gasteiger partial charge is 0.203 e. The molecule has 2 atom stereocenters. The lowest BCUT2D eigenvalue weighted by molar-refractivity contribution is 0.315. The highest BCUT2D eigenvalue weighted by atomic mass is 32.2. The van der Waals surface area contributed by atoms with E-state index in [1.807, 2.05) is 72.1 Å². The molecule has 0 radical (unpaired) electrons. The maximum atomic E-state index is 8.94. The largest absolute Gasteiger partial charge is 0.493 e. The first-order valence-corrected chi connectivity index (χ1v) is 14.8. The second kappa shape index (κ2) is 13.2. The Morgan fingerprint density at radius 1 is 0.895 bits per heavy atom. The minimum absolute atomic E-state index is 0.191. The van der Waals surface area contributed by atoms with E-state index in [0.29, 0.717) is 46.6 Å². The highest BCUT2D eigenvalue weighted by Crippen LogP contribution is 2.58. The molecule has 1 heterocycles. The molecule has 0 spiro atoms. The lowest BCUT2D eigenvalue weighted by Gasteiger charge is -2.18. The third-order valence-electron chi connectivity index (χ3n) is 5.93. The lowest BCUT2D eigenvalue weighted by atomic mass is 10.1. The Morgan fingerprint density at radius 2 is 1.53 bits per heavy atom. The Bertz CT molecular complexity index is 1270. The summed E-state index contributed by atoms with van der Waals surface area (Å²) in [5.41, 5.74) is 9.85. The van der Waals surface area contributed by atoms with Crippen LogP contribution in [0.1, 0.15) is 26.5 Å². The van der Waals surface area contributed by atoms with Crippen LogP contribution in [0.4, 0.5) is 5.69 Å². The molecule has 3 aromatic rings. The van der Waals surface area contributed by atoms with Crippen LogP contribution in [-0.2, 0) is 0 Å². The van der Waals surface area contributed by atoms with E-state index in [1.54, 1.807) is 40.2 Å². The highest BCUT2D eigenvalue weighted by molar-refractivity contribution is 8.19. The van der Waals surface area contributed by atoms with E-state index < -0.39 is 0 Å². The fourth-order valence-electron chi connectivity index (χ4n) is 4.06. The summed E-state index contributed by atoms with van der Waals surface area (Å²) in [6, 6.07) is 17.7. The fourth-order valence-corrected chi connectivity index (χ4v) is 8.05. The molecule has 0 aliphatic carbocycles. The Labute approximate surface area is 236 Å². The third kappa shape index (κ3) is 6.34. The molecule has 0 amide bonds. The number of anilines is 1. The van der Waals surface area contributed by atoms with Gasteiger partial charge in [-0.2, -0.15) is 5.26 Å². The first kappa shape index (κ1) is 28.0. The van der Waals surface area contributed by atoms with Gasteiger partial charge in [0, 0.05) is 21.7 Å². The average molecular weight is 571 g/mol. The number of nitrogen functional groups attached to an aromatic ring is 1. The zero-order valence-corrected chi connectivity index (χ0v) is 24.1. The molecule has 10 heteroatoms. The number of ether oxygens (including phenoxy) is 5. The van der Waals surface area contributed by atoms with Gasteiger partial charge in [-0.25, -0.2) is 0 Å². The molecule has 4 rings (SSSR count). The summed E-state index contributed by atoms with van der Waals surface area (Å²) in [7, 11) is 6.50. The summed E-state index contributed by atoms with van der Waals surface area (Å²) < 4.78 is 28.4. The molecule has 1 aliphatic heterocycles. The normalized spacial score (nSPS) is 16.5. The summed E-state index contributed by atoms with van der Waals surface area (Å²) in [6.45, 7) is 0.473. The number of rotatable bonds is 11. The number of nitrogens with two attached hydrogens (primary N) is 1. The topological polar surface area (TPSA) is 96.0 Å². The molecule has 1 fully saturated rings. The molecule has 3 aromatic carbocycles. The van der Waals surface area contributed by atoms with Gasteiger partial charge in [0.25, 0.3) is 0 Å². The van der Waals surface area contributed by atoms with Crippen LogP contribution in [0.2, 0.25) is 0 Å². The number of hydrogen-bond acceptors (Lipinski definition) is 10. The van der Waals surface area contributed by atoms with Crippen molar-refractivity contribution in [1.29, 1.82) is 5.26 Å². The standard InChI is InChI=1S/C28H30N2O5S3/c1-31-22-14-19(11-21(30)26(22)35-9-10-36-20-7-5-17(15-29)6-8-20)28-37-16-25(38-28)18-12-23(32-2)27(34-4)24(13-18)33-3/h5-8,11-14,25,28H,9-10,16,30H2,1-4H3. The lowest BCUT2D eigenvalue weighted by Crippen LogP contribution is -2.05. The SMILES string of the molecule is COc1cc(C2SCC(c3cc(OC)c(OC)c(OC)c3)S2)cc(N)c1OCCSc1ccc(C#N)cc1. The minimum atomic E-state index is 0.191. The van der Waals surface area contributed by atoms with Crippen LogP contribution in [0.5, 0.6) is 28.7 Å². The van der Waals surface area contributed by atoms with Crippen molar-refractivity contribution in [3.63, 3.8) is 0 Å². The Morgan fingerprint density at radius 3 is 2.13 bits per heavy atom. The van der Waals surface area contributed by atoms with Gasteiger partial charge in [0.05, 0.1) is 56.9 Å². The molecule has 38 heavy (non-hydrogen) atoms. The predicted octanol–water partition coefficient (Wildman–Crippen LogP) is 6.57. The molecule has 0 saturated carbocycles. The molecule has 0 aromatic heterocycles. The molecular formula is C28H30N2O5S3. The van der Waals surface area contributed by atoms with Crippen LogP contribution >= 0.6 is 35.3 Å². The summed E-state index contributed by atoms with van der Waals surface area (Å²) >= 11 is 5.38. The monoisotopic (exact) mass is 570 g/mol. The second-order valence-corrected chi connectivity index (χ2v) is 12.1. The number of nitrogens with zero attached hydrogens (tertiary/aromatic N) is 1. The van der Waals surface area contributed by atoms with Crippen molar-refractivity contribution in [2.45, 2.75) is 14.7 Å². The van der Waals surface area contributed by atoms with E-state index in [2.05, 4.69) is 6.07 Å². The Hall–Kier alpha value is -3.00. The third-order valence-corrected chi connectivity index (χ3v) is 10.2. The maximum absolute atomic E-state index is 8.94. The molecular weight excluding hydrogens is 541 g/mol. The van der Waals surface area contributed by atoms with E-state index in [1.165, 1.54) is 0 Å². The maximum Gasteiger partial charge on any atom is 0.203 e. The van der Waals surface area contributed by atoms with E-state index in [-0.39, 0.29) is 9.83 Å². The Kier molecular flexibility index (Phi) is 9.72. The van der Waals surface area contributed by atoms with E-state index >= 15 is 0 Å². The fraction of sp³-hybridized carbons (Fsp3) is 0.321. The number of methoxy groups -OCH3 is 4. The summed E-state index contributed by atoms with van der Waals surface area (Å²) in [4.78, 5) is 1.08. The Balaban J connectivity index is 1.42. The van der Waals surface area contributed by atoms with Crippen LogP contribution in [0.3, 0.4) is 0 Å². The van der Waals surface area contributed by atoms with E-state index in [4.69, 9.17) is 34.7 Å². The highest BCUT2D eigenvalue weighted by Gasteiger charge is 2.31. The van der Waals surface area contributed by atoms with Crippen molar-refractivity contribution in [3.8, 4) is 34.8 Å². The van der Waals surface area contributed by atoms with Gasteiger partial charge in [-0.05, 0) is 59.7 Å². The molecule has 200 valence electrons. The van der Waals surface area contributed by atoms with Crippen molar-refractivity contribution in [1.82, 2.24) is 0 Å². The van der Waals surface area contributed by atoms with Crippen molar-refractivity contribution in [2.75, 3.05) is 52.3 Å². The zero-order chi connectivity index (χ0) is 27.1. The first-order chi connectivity index (χ1) is 18.5. The molecule has 2 unspecified atom stereocenters. The van der Waals surface area contributed by atoms with Crippen molar-refractivity contribution < 1.29 is 23.7 Å². The van der Waals surface area contributed by atoms with Crippen molar-refractivity contribution in [3.05, 3.63) is 65.2 Å². The van der Waals surface area contributed by atoms with Gasteiger partial charge >= 0.3 is 0 Å². The van der Waals surface area contributed by atoms with Gasteiger partial charge in [-0.3, -0.25) is 0 Å². The number of hydrogen-bond donors (Lipinski definition) is 1. The molecule has 0 bridgehead atoms. The van der Waals surface area contributed by atoms with Gasteiger partial charge in [0.1, 0.15) is 0 Å². The van der Waals surface area contributed by atoms with Crippen LogP contribution in [-0.4, -0.2) is 46.6 Å². The number of benzene rings is 3. The van der Waals surface area contributed by atoms with Crippen molar-refractivity contribution >= 4 is 41.0 Å². The average Bonchev–Trinajstić information content (AvgIpc) is 3.45. The van der Waals surface area contributed by atoms with E-state index in [9.17, 15) is 0 Å². The first-order valence-electron chi connectivity index (χ1n) is 11.8. The summed E-state index contributed by atoms with van der Waals surface area (Å²) in [6.07, 6.45) is 0. The molecule has 1 aliphatic rings. The predicted molar refractivity (Wildman–Crippen MR) is 156 cm³/mol. The van der Waals surface area contributed by atoms with Gasteiger partial charge in [-0.1, -0.05) is 0 Å². The summed E-state index contributed by atoms with van der Waals surface area (Å²) in [5.74, 6) is 4.75. The number of nitriles is 1. The van der Waals surface area contributed by atoms with Gasteiger partial charge in [0.2, 0.25) is 5.75 Å².